The predicted molar refractivity (Wildman–Crippen MR) is 72.7 cm³/mol. The predicted octanol–water partition coefficient (Wildman–Crippen LogP) is 2.97. The maximum Gasteiger partial charge on any atom is 0.131 e. The van der Waals surface area contributed by atoms with Crippen LogP contribution in [0.25, 0.3) is 0 Å². The molecule has 2 aromatic rings. The van der Waals surface area contributed by atoms with Gasteiger partial charge in [0.1, 0.15) is 12.4 Å². The van der Waals surface area contributed by atoms with Gasteiger partial charge in [0, 0.05) is 18.0 Å². The molecular formula is C14H16N2OS. The van der Waals surface area contributed by atoms with Crippen molar-refractivity contribution < 1.29 is 4.74 Å². The first-order valence-electron chi connectivity index (χ1n) is 6.22. The third-order valence-corrected chi connectivity index (χ3v) is 3.60. The van der Waals surface area contributed by atoms with E-state index in [1.165, 1.54) is 18.4 Å². The molecule has 1 saturated carbocycles. The summed E-state index contributed by atoms with van der Waals surface area (Å²) >= 11 is 1.59. The summed E-state index contributed by atoms with van der Waals surface area (Å²) in [5, 5.41) is 5.51. The van der Waals surface area contributed by atoms with E-state index in [-0.39, 0.29) is 0 Å². The minimum absolute atomic E-state index is 0.545. The van der Waals surface area contributed by atoms with E-state index in [4.69, 9.17) is 4.74 Å². The monoisotopic (exact) mass is 260 g/mol. The van der Waals surface area contributed by atoms with Gasteiger partial charge in [-0.15, -0.1) is 11.3 Å². The van der Waals surface area contributed by atoms with Crippen LogP contribution in [0.15, 0.2) is 35.2 Å². The van der Waals surface area contributed by atoms with Gasteiger partial charge in [-0.05, 0) is 30.5 Å². The van der Waals surface area contributed by atoms with Crippen molar-refractivity contribution in [1.29, 1.82) is 0 Å². The van der Waals surface area contributed by atoms with E-state index < -0.39 is 0 Å². The van der Waals surface area contributed by atoms with E-state index in [0.717, 1.165) is 24.0 Å². The summed E-state index contributed by atoms with van der Waals surface area (Å²) in [4.78, 5) is 4.19. The Hall–Kier alpha value is -1.39. The fraction of sp³-hybridized carbons (Fsp3) is 0.357. The Morgan fingerprint density at radius 2 is 2.11 bits per heavy atom. The summed E-state index contributed by atoms with van der Waals surface area (Å²) < 4.78 is 5.67. The molecule has 3 rings (SSSR count). The first-order chi connectivity index (χ1) is 8.90. The van der Waals surface area contributed by atoms with Crippen LogP contribution in [-0.4, -0.2) is 11.0 Å². The molecule has 0 atom stereocenters. The van der Waals surface area contributed by atoms with Crippen molar-refractivity contribution >= 4 is 11.3 Å². The lowest BCUT2D eigenvalue weighted by atomic mass is 10.2. The van der Waals surface area contributed by atoms with E-state index in [1.54, 1.807) is 11.3 Å². The highest BCUT2D eigenvalue weighted by Crippen LogP contribution is 2.20. The molecule has 18 heavy (non-hydrogen) atoms. The first-order valence-corrected chi connectivity index (χ1v) is 7.16. The first kappa shape index (κ1) is 11.7. The molecule has 0 amide bonds. The summed E-state index contributed by atoms with van der Waals surface area (Å²) in [7, 11) is 0. The Labute approximate surface area is 111 Å². The Balaban J connectivity index is 1.50. The van der Waals surface area contributed by atoms with E-state index in [2.05, 4.69) is 22.4 Å². The summed E-state index contributed by atoms with van der Waals surface area (Å²) in [6, 6.07) is 9.04. The summed E-state index contributed by atoms with van der Waals surface area (Å²) in [6.45, 7) is 1.50. The Morgan fingerprint density at radius 3 is 2.78 bits per heavy atom. The molecule has 1 aliphatic rings. The molecule has 3 nitrogen and oxygen atoms in total. The smallest absolute Gasteiger partial charge is 0.131 e. The van der Waals surface area contributed by atoms with Crippen molar-refractivity contribution in [2.45, 2.75) is 32.0 Å². The summed E-state index contributed by atoms with van der Waals surface area (Å²) in [5.74, 6) is 0.901. The Morgan fingerprint density at radius 1 is 1.28 bits per heavy atom. The summed E-state index contributed by atoms with van der Waals surface area (Å²) in [6.07, 6.45) is 2.66. The third kappa shape index (κ3) is 3.31. The van der Waals surface area contributed by atoms with Gasteiger partial charge >= 0.3 is 0 Å². The van der Waals surface area contributed by atoms with Crippen LogP contribution in [0.2, 0.25) is 0 Å². The number of nitrogens with one attached hydrogen (secondary N) is 1. The number of hydrogen-bond donors (Lipinski definition) is 1. The zero-order chi connectivity index (χ0) is 12.2. The number of aromatic nitrogens is 1. The standard InChI is InChI=1S/C14H16N2OS/c1-5-14(17-8-13-9-18-10-16-13)6-2-11(1)7-15-12-3-4-12/h1-2,5-6,9-10,12,15H,3-4,7-8H2. The third-order valence-electron chi connectivity index (χ3n) is 2.97. The van der Waals surface area contributed by atoms with Gasteiger partial charge in [0.05, 0.1) is 11.2 Å². The van der Waals surface area contributed by atoms with Crippen molar-refractivity contribution in [2.75, 3.05) is 0 Å². The lowest BCUT2D eigenvalue weighted by Gasteiger charge is -2.06. The van der Waals surface area contributed by atoms with Crippen LogP contribution < -0.4 is 10.1 Å². The molecule has 1 aliphatic carbocycles. The van der Waals surface area contributed by atoms with Gasteiger partial charge in [0.2, 0.25) is 0 Å². The normalized spacial score (nSPS) is 14.7. The molecule has 4 heteroatoms. The zero-order valence-corrected chi connectivity index (χ0v) is 11.0. The van der Waals surface area contributed by atoms with Crippen molar-refractivity contribution in [3.63, 3.8) is 0 Å². The van der Waals surface area contributed by atoms with Crippen LogP contribution >= 0.6 is 11.3 Å². The molecule has 0 radical (unpaired) electrons. The number of nitrogens with zero attached hydrogens (tertiary/aromatic N) is 1. The molecule has 1 fully saturated rings. The van der Waals surface area contributed by atoms with Crippen LogP contribution in [0.3, 0.4) is 0 Å². The van der Waals surface area contributed by atoms with E-state index in [0.29, 0.717) is 6.61 Å². The number of ether oxygens (including phenoxy) is 1. The second-order valence-electron chi connectivity index (χ2n) is 4.57. The van der Waals surface area contributed by atoms with Gasteiger partial charge in [-0.25, -0.2) is 4.98 Å². The quantitative estimate of drug-likeness (QED) is 0.867. The average Bonchev–Trinajstić information content (AvgIpc) is 3.09. The fourth-order valence-corrected chi connectivity index (χ4v) is 2.26. The molecule has 0 aliphatic heterocycles. The van der Waals surface area contributed by atoms with Crippen LogP contribution in [0, 0.1) is 0 Å². The molecule has 0 spiro atoms. The van der Waals surface area contributed by atoms with E-state index in [1.807, 2.05) is 23.0 Å². The minimum atomic E-state index is 0.545. The number of benzene rings is 1. The second-order valence-corrected chi connectivity index (χ2v) is 5.29. The largest absolute Gasteiger partial charge is 0.487 e. The molecule has 1 heterocycles. The molecule has 0 bridgehead atoms. The molecule has 0 unspecified atom stereocenters. The van der Waals surface area contributed by atoms with Gasteiger partial charge in [0.15, 0.2) is 0 Å². The molecule has 1 aromatic heterocycles. The Kier molecular flexibility index (Phi) is 3.57. The SMILES string of the molecule is c1nc(COc2ccc(CNC3CC3)cc2)cs1. The highest BCUT2D eigenvalue weighted by Gasteiger charge is 2.19. The lowest BCUT2D eigenvalue weighted by Crippen LogP contribution is -2.15. The van der Waals surface area contributed by atoms with Gasteiger partial charge in [-0.2, -0.15) is 0 Å². The highest BCUT2D eigenvalue weighted by atomic mass is 32.1. The van der Waals surface area contributed by atoms with Gasteiger partial charge in [-0.1, -0.05) is 12.1 Å². The van der Waals surface area contributed by atoms with E-state index in [9.17, 15) is 0 Å². The van der Waals surface area contributed by atoms with Crippen molar-refractivity contribution in [3.05, 3.63) is 46.4 Å². The van der Waals surface area contributed by atoms with Crippen molar-refractivity contribution in [2.24, 2.45) is 0 Å². The van der Waals surface area contributed by atoms with E-state index >= 15 is 0 Å². The zero-order valence-electron chi connectivity index (χ0n) is 10.1. The highest BCUT2D eigenvalue weighted by molar-refractivity contribution is 7.07. The topological polar surface area (TPSA) is 34.1 Å². The average molecular weight is 260 g/mol. The molecule has 94 valence electrons. The maximum atomic E-state index is 5.67. The number of thiazole rings is 1. The number of rotatable bonds is 6. The Bertz CT molecular complexity index is 477. The van der Waals surface area contributed by atoms with Gasteiger partial charge < -0.3 is 10.1 Å². The number of hydrogen-bond acceptors (Lipinski definition) is 4. The minimum Gasteiger partial charge on any atom is -0.487 e. The fourth-order valence-electron chi connectivity index (χ4n) is 1.72. The second kappa shape index (κ2) is 5.50. The summed E-state index contributed by atoms with van der Waals surface area (Å²) in [5.41, 5.74) is 4.12. The molecular weight excluding hydrogens is 244 g/mol. The van der Waals surface area contributed by atoms with Crippen LogP contribution in [-0.2, 0) is 13.2 Å². The van der Waals surface area contributed by atoms with Crippen LogP contribution in [0.4, 0.5) is 0 Å². The van der Waals surface area contributed by atoms with Gasteiger partial charge in [0.25, 0.3) is 0 Å². The maximum absolute atomic E-state index is 5.67. The van der Waals surface area contributed by atoms with Crippen LogP contribution in [0.5, 0.6) is 5.75 Å². The van der Waals surface area contributed by atoms with Gasteiger partial charge in [-0.3, -0.25) is 0 Å². The molecule has 1 N–H and O–H groups in total. The van der Waals surface area contributed by atoms with Crippen molar-refractivity contribution in [1.82, 2.24) is 10.3 Å². The molecule has 1 aromatic carbocycles. The molecule has 0 saturated heterocycles. The van der Waals surface area contributed by atoms with Crippen molar-refractivity contribution in [3.8, 4) is 5.75 Å². The van der Waals surface area contributed by atoms with Crippen LogP contribution in [0.1, 0.15) is 24.1 Å². The lowest BCUT2D eigenvalue weighted by molar-refractivity contribution is 0.302.